The van der Waals surface area contributed by atoms with E-state index in [2.05, 4.69) is 22.4 Å². The van der Waals surface area contributed by atoms with Gasteiger partial charge in [0, 0.05) is 26.9 Å². The lowest BCUT2D eigenvalue weighted by Gasteiger charge is -2.23. The lowest BCUT2D eigenvalue weighted by Crippen LogP contribution is -2.29. The zero-order valence-corrected chi connectivity index (χ0v) is 21.2. The summed E-state index contributed by atoms with van der Waals surface area (Å²) in [4.78, 5) is 12.6. The van der Waals surface area contributed by atoms with Gasteiger partial charge in [-0.25, -0.2) is 8.42 Å². The zero-order chi connectivity index (χ0) is 23.3. The number of sulfonamides is 1. The number of carbonyl (C=O) groups is 1. The predicted molar refractivity (Wildman–Crippen MR) is 133 cm³/mol. The summed E-state index contributed by atoms with van der Waals surface area (Å²) >= 11 is 15.3. The monoisotopic (exact) mass is 530 g/mol. The smallest absolute Gasteiger partial charge is 0.257 e. The maximum absolute atomic E-state index is 12.6. The topological polar surface area (TPSA) is 92.3 Å². The largest absolute Gasteiger partial charge is 0.296 e. The molecule has 0 aliphatic rings. The third-order valence-electron chi connectivity index (χ3n) is 4.24. The number of halogens is 2. The van der Waals surface area contributed by atoms with Crippen LogP contribution < -0.4 is 9.62 Å². The summed E-state index contributed by atoms with van der Waals surface area (Å²) in [7, 11) is -3.64. The molecule has 0 saturated carbocycles. The number of hydrogen-bond acceptors (Lipinski definition) is 7. The van der Waals surface area contributed by atoms with Crippen molar-refractivity contribution in [1.29, 1.82) is 0 Å². The molecule has 3 aromatic rings. The Bertz CT molecular complexity index is 1180. The fraction of sp³-hybridized carbons (Fsp3) is 0.250. The highest BCUT2D eigenvalue weighted by atomic mass is 35.5. The van der Waals surface area contributed by atoms with Gasteiger partial charge >= 0.3 is 0 Å². The molecule has 0 bridgehead atoms. The fourth-order valence-electron chi connectivity index (χ4n) is 2.68. The molecule has 0 unspecified atom stereocenters. The zero-order valence-electron chi connectivity index (χ0n) is 17.2. The Kier molecular flexibility index (Phi) is 8.40. The predicted octanol–water partition coefficient (Wildman–Crippen LogP) is 5.57. The normalized spacial score (nSPS) is 11.4. The van der Waals surface area contributed by atoms with Gasteiger partial charge in [0.1, 0.15) is 0 Å². The number of hydrogen-bond donors (Lipinski definition) is 1. The van der Waals surface area contributed by atoms with Crippen LogP contribution in [0.25, 0.3) is 0 Å². The number of amides is 1. The molecule has 0 atom stereocenters. The first kappa shape index (κ1) is 24.8. The molecule has 0 aliphatic heterocycles. The third-order valence-corrected chi connectivity index (χ3v) is 8.26. The summed E-state index contributed by atoms with van der Waals surface area (Å²) in [6, 6.07) is 11.2. The van der Waals surface area contributed by atoms with Gasteiger partial charge in [0.2, 0.25) is 15.2 Å². The molecule has 7 nitrogen and oxygen atoms in total. The summed E-state index contributed by atoms with van der Waals surface area (Å²) in [5, 5.41) is 11.9. The van der Waals surface area contributed by atoms with Gasteiger partial charge in [-0.3, -0.25) is 14.4 Å². The molecule has 32 heavy (non-hydrogen) atoms. The van der Waals surface area contributed by atoms with Crippen LogP contribution in [0.5, 0.6) is 0 Å². The second kappa shape index (κ2) is 10.8. The van der Waals surface area contributed by atoms with E-state index in [4.69, 9.17) is 23.2 Å². The minimum absolute atomic E-state index is 0.0358. The number of rotatable bonds is 9. The van der Waals surface area contributed by atoms with Crippen molar-refractivity contribution >= 4 is 73.0 Å². The fourth-order valence-corrected chi connectivity index (χ4v) is 5.74. The number of thioether (sulfide) groups is 1. The summed E-state index contributed by atoms with van der Waals surface area (Å²) in [5.41, 5.74) is 1.24. The van der Waals surface area contributed by atoms with Gasteiger partial charge in [-0.15, -0.1) is 10.2 Å². The molecule has 0 saturated heterocycles. The highest BCUT2D eigenvalue weighted by molar-refractivity contribution is 8.01. The van der Waals surface area contributed by atoms with Crippen molar-refractivity contribution in [3.8, 4) is 0 Å². The first-order valence-electron chi connectivity index (χ1n) is 9.47. The summed E-state index contributed by atoms with van der Waals surface area (Å²) in [6.07, 6.45) is 2.12. The summed E-state index contributed by atoms with van der Waals surface area (Å²) < 4.78 is 26.9. The van der Waals surface area contributed by atoms with Gasteiger partial charge in [-0.1, -0.05) is 59.3 Å². The Morgan fingerprint density at radius 2 is 1.78 bits per heavy atom. The molecule has 1 amide bonds. The average Bonchev–Trinajstić information content (AvgIpc) is 3.18. The average molecular weight is 532 g/mol. The first-order chi connectivity index (χ1) is 15.2. The van der Waals surface area contributed by atoms with Crippen LogP contribution in [0.4, 0.5) is 10.8 Å². The van der Waals surface area contributed by atoms with E-state index in [1.165, 1.54) is 15.6 Å². The quantitative estimate of drug-likeness (QED) is 0.287. The van der Waals surface area contributed by atoms with E-state index in [9.17, 15) is 13.2 Å². The lowest BCUT2D eigenvalue weighted by atomic mass is 10.1. The second-order valence-electron chi connectivity index (χ2n) is 6.69. The minimum Gasteiger partial charge on any atom is -0.296 e. The molecule has 0 aliphatic carbocycles. The molecular weight excluding hydrogens is 511 g/mol. The number of aromatic nitrogens is 2. The maximum atomic E-state index is 12.6. The summed E-state index contributed by atoms with van der Waals surface area (Å²) in [6.45, 7) is 2.04. The van der Waals surface area contributed by atoms with Gasteiger partial charge in [-0.2, -0.15) is 0 Å². The van der Waals surface area contributed by atoms with Crippen LogP contribution >= 0.6 is 46.3 Å². The minimum atomic E-state index is -3.64. The van der Waals surface area contributed by atoms with Crippen LogP contribution in [-0.4, -0.2) is 36.5 Å². The van der Waals surface area contributed by atoms with Crippen LogP contribution in [-0.2, 0) is 16.6 Å². The number of anilines is 2. The maximum Gasteiger partial charge on any atom is 0.257 e. The van der Waals surface area contributed by atoms with E-state index in [0.29, 0.717) is 32.0 Å². The van der Waals surface area contributed by atoms with Crippen LogP contribution in [0, 0.1) is 0 Å². The van der Waals surface area contributed by atoms with E-state index in [1.54, 1.807) is 54.2 Å². The van der Waals surface area contributed by atoms with Crippen molar-refractivity contribution in [2.75, 3.05) is 21.6 Å². The molecule has 12 heteroatoms. The molecule has 1 heterocycles. The van der Waals surface area contributed by atoms with Crippen molar-refractivity contribution in [1.82, 2.24) is 10.2 Å². The highest BCUT2D eigenvalue weighted by Gasteiger charge is 2.21. The number of carbonyl (C=O) groups excluding carboxylic acids is 1. The SMILES string of the molecule is CCCSc1nnc(NC(=O)c2ccc(N(Cc3c(Cl)cccc3Cl)S(C)(=O)=O)cc2)s1. The lowest BCUT2D eigenvalue weighted by molar-refractivity contribution is 0.102. The molecule has 0 spiro atoms. The van der Waals surface area contributed by atoms with Crippen LogP contribution in [0.1, 0.15) is 29.3 Å². The van der Waals surface area contributed by atoms with E-state index in [-0.39, 0.29) is 12.5 Å². The standard InChI is InChI=1S/C20H20Cl2N4O3S3/c1-3-11-30-20-25-24-19(31-20)23-18(27)13-7-9-14(10-8-13)26(32(2,28)29)12-15-16(21)5-4-6-17(15)22/h4-10H,3,11-12H2,1-2H3,(H,23,24,27). The van der Waals surface area contributed by atoms with E-state index in [0.717, 1.165) is 22.8 Å². The Hall–Kier alpha value is -1.85. The van der Waals surface area contributed by atoms with Crippen molar-refractivity contribution in [2.45, 2.75) is 24.2 Å². The molecule has 0 radical (unpaired) electrons. The van der Waals surface area contributed by atoms with E-state index in [1.807, 2.05) is 0 Å². The van der Waals surface area contributed by atoms with Gasteiger partial charge in [0.05, 0.1) is 18.5 Å². The van der Waals surface area contributed by atoms with Crippen molar-refractivity contribution < 1.29 is 13.2 Å². The molecule has 3 rings (SSSR count). The van der Waals surface area contributed by atoms with Gasteiger partial charge in [0.25, 0.3) is 5.91 Å². The van der Waals surface area contributed by atoms with E-state index >= 15 is 0 Å². The third kappa shape index (κ3) is 6.35. The van der Waals surface area contributed by atoms with Crippen molar-refractivity contribution in [2.24, 2.45) is 0 Å². The van der Waals surface area contributed by atoms with Gasteiger partial charge < -0.3 is 0 Å². The Balaban J connectivity index is 1.77. The van der Waals surface area contributed by atoms with E-state index < -0.39 is 10.0 Å². The second-order valence-corrected chi connectivity index (χ2v) is 11.7. The van der Waals surface area contributed by atoms with Crippen LogP contribution in [0.15, 0.2) is 46.8 Å². The molecular formula is C20H20Cl2N4O3S3. The highest BCUT2D eigenvalue weighted by Crippen LogP contribution is 2.30. The first-order valence-corrected chi connectivity index (χ1v) is 13.9. The molecule has 1 N–H and O–H groups in total. The van der Waals surface area contributed by atoms with Crippen LogP contribution in [0.3, 0.4) is 0 Å². The van der Waals surface area contributed by atoms with Gasteiger partial charge in [0.15, 0.2) is 4.34 Å². The van der Waals surface area contributed by atoms with Crippen molar-refractivity contribution in [3.63, 3.8) is 0 Å². The van der Waals surface area contributed by atoms with Crippen LogP contribution in [0.2, 0.25) is 10.0 Å². The number of benzene rings is 2. The Morgan fingerprint density at radius 1 is 1.12 bits per heavy atom. The Morgan fingerprint density at radius 3 is 2.38 bits per heavy atom. The van der Waals surface area contributed by atoms with Gasteiger partial charge in [-0.05, 0) is 42.8 Å². The Labute approximate surface area is 205 Å². The summed E-state index contributed by atoms with van der Waals surface area (Å²) in [5.74, 6) is 0.570. The number of nitrogens with zero attached hydrogens (tertiary/aromatic N) is 3. The molecule has 170 valence electrons. The molecule has 0 fully saturated rings. The number of nitrogens with one attached hydrogen (secondary N) is 1. The molecule has 2 aromatic carbocycles. The van der Waals surface area contributed by atoms with Crippen molar-refractivity contribution in [3.05, 3.63) is 63.6 Å². The molecule has 1 aromatic heterocycles.